The van der Waals surface area contributed by atoms with Crippen molar-refractivity contribution in [1.29, 1.82) is 0 Å². The van der Waals surface area contributed by atoms with E-state index in [0.29, 0.717) is 6.61 Å². The maximum absolute atomic E-state index is 8.50. The number of aliphatic hydroxyl groups is 1. The molecule has 0 fully saturated rings. The summed E-state index contributed by atoms with van der Waals surface area (Å²) >= 11 is 0. The Bertz CT molecular complexity index is 39.7. The summed E-state index contributed by atoms with van der Waals surface area (Å²) in [5.41, 5.74) is 0. The maximum Gasteiger partial charge on any atom is 0.0433 e. The predicted octanol–water partition coefficient (Wildman–Crippen LogP) is 1.81. The number of hydrogen-bond acceptors (Lipinski definition) is 1. The zero-order valence-electron chi connectivity index (χ0n) is 5.85. The first kappa shape index (κ1) is 7.96. The normalized spacial score (nSPS) is 10.5. The molecule has 0 atom stereocenters. The highest BCUT2D eigenvalue weighted by atomic mass is 16.3. The molecule has 0 spiro atoms. The van der Waals surface area contributed by atoms with Gasteiger partial charge in [-0.05, 0) is 12.3 Å². The first-order chi connectivity index (χ1) is 3.85. The summed E-state index contributed by atoms with van der Waals surface area (Å²) < 4.78 is 0. The summed E-state index contributed by atoms with van der Waals surface area (Å²) in [4.78, 5) is 0. The Labute approximate surface area is 51.7 Å². The van der Waals surface area contributed by atoms with Crippen molar-refractivity contribution >= 4 is 0 Å². The summed E-state index contributed by atoms with van der Waals surface area (Å²) in [5.74, 6) is 0.750. The fourth-order valence-electron chi connectivity index (χ4n) is 0.879. The smallest absolute Gasteiger partial charge is 0.0433 e. The van der Waals surface area contributed by atoms with Crippen LogP contribution in [0, 0.1) is 5.92 Å². The van der Waals surface area contributed by atoms with Gasteiger partial charge in [0.1, 0.15) is 0 Å². The van der Waals surface area contributed by atoms with Gasteiger partial charge in [-0.15, -0.1) is 0 Å². The monoisotopic (exact) mass is 116 g/mol. The molecule has 0 aromatic carbocycles. The topological polar surface area (TPSA) is 20.2 Å². The van der Waals surface area contributed by atoms with E-state index in [2.05, 4.69) is 13.8 Å². The van der Waals surface area contributed by atoms with Gasteiger partial charge in [0.15, 0.2) is 0 Å². The van der Waals surface area contributed by atoms with Gasteiger partial charge in [0.05, 0.1) is 0 Å². The Balaban J connectivity index is 3.07. The molecule has 1 N–H and O–H groups in total. The molecule has 0 aromatic heterocycles. The van der Waals surface area contributed by atoms with Gasteiger partial charge in [-0.25, -0.2) is 0 Å². The van der Waals surface area contributed by atoms with Gasteiger partial charge in [0.2, 0.25) is 0 Å². The molecule has 0 radical (unpaired) electrons. The van der Waals surface area contributed by atoms with E-state index in [4.69, 9.17) is 5.11 Å². The van der Waals surface area contributed by atoms with Gasteiger partial charge < -0.3 is 5.11 Å². The Hall–Kier alpha value is -0.0400. The molecule has 0 saturated carbocycles. The lowest BCUT2D eigenvalue weighted by Crippen LogP contribution is -1.98. The Kier molecular flexibility index (Phi) is 5.08. The fourth-order valence-corrected chi connectivity index (χ4v) is 0.879. The van der Waals surface area contributed by atoms with Crippen molar-refractivity contribution < 1.29 is 5.11 Å². The molecule has 0 rings (SSSR count). The second kappa shape index (κ2) is 5.10. The maximum atomic E-state index is 8.50. The van der Waals surface area contributed by atoms with E-state index in [1.54, 1.807) is 0 Å². The van der Waals surface area contributed by atoms with Crippen LogP contribution in [0.15, 0.2) is 0 Å². The van der Waals surface area contributed by atoms with Gasteiger partial charge in [-0.2, -0.15) is 0 Å². The highest BCUT2D eigenvalue weighted by Crippen LogP contribution is 2.10. The SMILES string of the molecule is CCC(CC)CCO. The molecule has 0 unspecified atom stereocenters. The van der Waals surface area contributed by atoms with Crippen LogP contribution in [0.1, 0.15) is 33.1 Å². The highest BCUT2D eigenvalue weighted by Gasteiger charge is 1.99. The minimum absolute atomic E-state index is 0.354. The zero-order valence-corrected chi connectivity index (χ0v) is 5.85. The molecule has 0 aromatic rings. The molecule has 0 saturated heterocycles. The van der Waals surface area contributed by atoms with Gasteiger partial charge in [0, 0.05) is 6.61 Å². The van der Waals surface area contributed by atoms with Crippen molar-refractivity contribution in [3.05, 3.63) is 0 Å². The third-order valence-electron chi connectivity index (χ3n) is 1.69. The van der Waals surface area contributed by atoms with Crippen molar-refractivity contribution in [2.75, 3.05) is 6.61 Å². The van der Waals surface area contributed by atoms with E-state index in [1.807, 2.05) is 0 Å². The first-order valence-corrected chi connectivity index (χ1v) is 3.46. The van der Waals surface area contributed by atoms with Crippen molar-refractivity contribution in [3.63, 3.8) is 0 Å². The lowest BCUT2D eigenvalue weighted by molar-refractivity contribution is 0.252. The average Bonchev–Trinajstić information content (AvgIpc) is 1.83. The van der Waals surface area contributed by atoms with Crippen LogP contribution >= 0.6 is 0 Å². The fraction of sp³-hybridized carbons (Fsp3) is 1.00. The molecule has 0 aliphatic carbocycles. The second-order valence-electron chi connectivity index (χ2n) is 2.19. The quantitative estimate of drug-likeness (QED) is 0.594. The largest absolute Gasteiger partial charge is 0.396 e. The summed E-state index contributed by atoms with van der Waals surface area (Å²) in [5, 5.41) is 8.50. The Morgan fingerprint density at radius 1 is 1.25 bits per heavy atom. The first-order valence-electron chi connectivity index (χ1n) is 3.46. The molecule has 1 nitrogen and oxygen atoms in total. The van der Waals surface area contributed by atoms with E-state index >= 15 is 0 Å². The zero-order chi connectivity index (χ0) is 6.41. The molecule has 0 heterocycles. The minimum atomic E-state index is 0.354. The molecular weight excluding hydrogens is 100 g/mol. The predicted molar refractivity (Wildman–Crippen MR) is 35.8 cm³/mol. The van der Waals surface area contributed by atoms with Crippen LogP contribution in [-0.2, 0) is 0 Å². The van der Waals surface area contributed by atoms with Crippen LogP contribution in [0.2, 0.25) is 0 Å². The average molecular weight is 116 g/mol. The van der Waals surface area contributed by atoms with E-state index in [1.165, 1.54) is 12.8 Å². The van der Waals surface area contributed by atoms with Crippen molar-refractivity contribution in [3.8, 4) is 0 Å². The molecule has 0 bridgehead atoms. The van der Waals surface area contributed by atoms with Gasteiger partial charge >= 0.3 is 0 Å². The molecule has 0 aliphatic rings. The molecular formula is C7H16O. The van der Waals surface area contributed by atoms with E-state index in [9.17, 15) is 0 Å². The third-order valence-corrected chi connectivity index (χ3v) is 1.69. The summed E-state index contributed by atoms with van der Waals surface area (Å²) in [6.45, 7) is 4.69. The molecule has 0 aliphatic heterocycles. The van der Waals surface area contributed by atoms with Crippen LogP contribution in [0.3, 0.4) is 0 Å². The van der Waals surface area contributed by atoms with Gasteiger partial charge in [-0.3, -0.25) is 0 Å². The number of aliphatic hydroxyl groups excluding tert-OH is 1. The van der Waals surface area contributed by atoms with Crippen LogP contribution in [-0.4, -0.2) is 11.7 Å². The van der Waals surface area contributed by atoms with E-state index in [-0.39, 0.29) is 0 Å². The molecule has 50 valence electrons. The standard InChI is InChI=1S/C7H16O/c1-3-7(4-2)5-6-8/h7-8H,3-6H2,1-2H3. The molecule has 8 heavy (non-hydrogen) atoms. The third kappa shape index (κ3) is 3.03. The number of rotatable bonds is 4. The second-order valence-corrected chi connectivity index (χ2v) is 2.19. The summed E-state index contributed by atoms with van der Waals surface area (Å²) in [6, 6.07) is 0. The van der Waals surface area contributed by atoms with Crippen LogP contribution in [0.5, 0.6) is 0 Å². The lowest BCUT2D eigenvalue weighted by atomic mass is 10.0. The summed E-state index contributed by atoms with van der Waals surface area (Å²) in [7, 11) is 0. The molecule has 0 amide bonds. The minimum Gasteiger partial charge on any atom is -0.396 e. The van der Waals surface area contributed by atoms with Crippen molar-refractivity contribution in [1.82, 2.24) is 0 Å². The van der Waals surface area contributed by atoms with Gasteiger partial charge in [-0.1, -0.05) is 26.7 Å². The van der Waals surface area contributed by atoms with E-state index in [0.717, 1.165) is 12.3 Å². The molecule has 1 heteroatoms. The number of hydrogen-bond donors (Lipinski definition) is 1. The van der Waals surface area contributed by atoms with Gasteiger partial charge in [0.25, 0.3) is 0 Å². The van der Waals surface area contributed by atoms with E-state index < -0.39 is 0 Å². The Morgan fingerprint density at radius 2 is 1.75 bits per heavy atom. The lowest BCUT2D eigenvalue weighted by Gasteiger charge is -2.07. The van der Waals surface area contributed by atoms with Crippen molar-refractivity contribution in [2.24, 2.45) is 5.92 Å². The van der Waals surface area contributed by atoms with Crippen molar-refractivity contribution in [2.45, 2.75) is 33.1 Å². The highest BCUT2D eigenvalue weighted by molar-refractivity contribution is 4.51. The Morgan fingerprint density at radius 3 is 1.88 bits per heavy atom. The van der Waals surface area contributed by atoms with Crippen LogP contribution in [0.4, 0.5) is 0 Å². The van der Waals surface area contributed by atoms with Crippen LogP contribution < -0.4 is 0 Å². The summed E-state index contributed by atoms with van der Waals surface area (Å²) in [6.07, 6.45) is 3.39. The van der Waals surface area contributed by atoms with Crippen LogP contribution in [0.25, 0.3) is 0 Å².